The van der Waals surface area contributed by atoms with Gasteiger partial charge in [0, 0.05) is 6.42 Å². The molecule has 0 heterocycles. The number of carbonyl (C=O) groups is 1. The Bertz CT molecular complexity index is 205. The summed E-state index contributed by atoms with van der Waals surface area (Å²) in [6, 6.07) is 0. The molecule has 2 N–H and O–H groups in total. The second-order valence-corrected chi connectivity index (χ2v) is 3.59. The SMILES string of the molecule is CCCCCC(=O)C([C]=O)OCC(O)CO. The van der Waals surface area contributed by atoms with E-state index in [0.29, 0.717) is 0 Å². The summed E-state index contributed by atoms with van der Waals surface area (Å²) in [6.07, 6.45) is 2.11. The first-order valence-electron chi connectivity index (χ1n) is 5.46. The number of carbonyl (C=O) groups excluding carboxylic acids is 2. The highest BCUT2D eigenvalue weighted by atomic mass is 16.5. The van der Waals surface area contributed by atoms with Crippen LogP contribution in [0.5, 0.6) is 0 Å². The second kappa shape index (κ2) is 9.45. The van der Waals surface area contributed by atoms with E-state index in [1.54, 1.807) is 0 Å². The van der Waals surface area contributed by atoms with Gasteiger partial charge in [-0.1, -0.05) is 19.8 Å². The van der Waals surface area contributed by atoms with Crippen molar-refractivity contribution in [3.63, 3.8) is 0 Å². The minimum Gasteiger partial charge on any atom is -0.394 e. The molecule has 0 aliphatic rings. The summed E-state index contributed by atoms with van der Waals surface area (Å²) in [4.78, 5) is 21.9. The maximum Gasteiger partial charge on any atom is 0.237 e. The lowest BCUT2D eigenvalue weighted by Crippen LogP contribution is -2.30. The third-order valence-electron chi connectivity index (χ3n) is 2.09. The first-order chi connectivity index (χ1) is 7.65. The molecule has 0 amide bonds. The van der Waals surface area contributed by atoms with Crippen LogP contribution in [0.3, 0.4) is 0 Å². The zero-order chi connectivity index (χ0) is 12.4. The summed E-state index contributed by atoms with van der Waals surface area (Å²) < 4.78 is 4.85. The highest BCUT2D eigenvalue weighted by Crippen LogP contribution is 2.04. The molecule has 0 rings (SSSR count). The monoisotopic (exact) mass is 231 g/mol. The Balaban J connectivity index is 3.87. The molecule has 0 aromatic heterocycles. The van der Waals surface area contributed by atoms with Gasteiger partial charge in [0.2, 0.25) is 6.29 Å². The van der Waals surface area contributed by atoms with Crippen LogP contribution < -0.4 is 0 Å². The van der Waals surface area contributed by atoms with Crippen molar-refractivity contribution in [2.24, 2.45) is 0 Å². The zero-order valence-electron chi connectivity index (χ0n) is 9.52. The lowest BCUT2D eigenvalue weighted by atomic mass is 10.1. The minimum absolute atomic E-state index is 0.240. The van der Waals surface area contributed by atoms with E-state index in [1.807, 2.05) is 6.92 Å². The summed E-state index contributed by atoms with van der Waals surface area (Å²) in [5, 5.41) is 17.5. The van der Waals surface area contributed by atoms with Crippen molar-refractivity contribution in [3.8, 4) is 0 Å². The smallest absolute Gasteiger partial charge is 0.237 e. The standard InChI is InChI=1S/C11H19O5/c1-2-3-4-5-10(15)11(7-13)16-8-9(14)6-12/h9,11-12,14H,2-6,8H2,1H3. The van der Waals surface area contributed by atoms with E-state index in [-0.39, 0.29) is 18.8 Å². The van der Waals surface area contributed by atoms with E-state index >= 15 is 0 Å². The Kier molecular flexibility index (Phi) is 8.99. The zero-order valence-corrected chi connectivity index (χ0v) is 9.52. The molecule has 2 unspecified atom stereocenters. The maximum absolute atomic E-state index is 11.4. The van der Waals surface area contributed by atoms with Gasteiger partial charge in [0.15, 0.2) is 11.9 Å². The quantitative estimate of drug-likeness (QED) is 0.408. The van der Waals surface area contributed by atoms with E-state index in [4.69, 9.17) is 14.9 Å². The average Bonchev–Trinajstić information content (AvgIpc) is 2.29. The van der Waals surface area contributed by atoms with Crippen LogP contribution in [-0.4, -0.2) is 47.7 Å². The normalized spacial score (nSPS) is 14.4. The van der Waals surface area contributed by atoms with Gasteiger partial charge < -0.3 is 14.9 Å². The van der Waals surface area contributed by atoms with Crippen molar-refractivity contribution in [2.75, 3.05) is 13.2 Å². The lowest BCUT2D eigenvalue weighted by molar-refractivity contribution is -0.128. The van der Waals surface area contributed by atoms with Gasteiger partial charge in [0.1, 0.15) is 6.10 Å². The molecule has 0 spiro atoms. The fourth-order valence-corrected chi connectivity index (χ4v) is 1.13. The predicted octanol–water partition coefficient (Wildman–Crippen LogP) is -0.0161. The van der Waals surface area contributed by atoms with Crippen LogP contribution in [0.4, 0.5) is 0 Å². The Labute approximate surface area is 95.4 Å². The molecule has 0 aliphatic heterocycles. The summed E-state index contributed by atoms with van der Waals surface area (Å²) >= 11 is 0. The van der Waals surface area contributed by atoms with E-state index in [1.165, 1.54) is 6.29 Å². The van der Waals surface area contributed by atoms with Gasteiger partial charge in [-0.15, -0.1) is 0 Å². The number of ether oxygens (including phenoxy) is 1. The fraction of sp³-hybridized carbons (Fsp3) is 0.818. The topological polar surface area (TPSA) is 83.8 Å². The van der Waals surface area contributed by atoms with Gasteiger partial charge in [-0.25, -0.2) is 0 Å². The number of Topliss-reactive ketones (excluding diaryl/α,β-unsaturated/α-hetero) is 1. The summed E-state index contributed by atoms with van der Waals surface area (Å²) in [6.45, 7) is 1.31. The molecule has 0 aliphatic carbocycles. The molecular weight excluding hydrogens is 212 g/mol. The van der Waals surface area contributed by atoms with Crippen molar-refractivity contribution in [3.05, 3.63) is 0 Å². The van der Waals surface area contributed by atoms with Crippen LogP contribution in [0.15, 0.2) is 0 Å². The molecule has 0 fully saturated rings. The number of aliphatic hydroxyl groups excluding tert-OH is 2. The fourth-order valence-electron chi connectivity index (χ4n) is 1.13. The van der Waals surface area contributed by atoms with Gasteiger partial charge in [-0.05, 0) is 6.42 Å². The molecule has 0 saturated heterocycles. The van der Waals surface area contributed by atoms with Crippen molar-refractivity contribution in [1.29, 1.82) is 0 Å². The van der Waals surface area contributed by atoms with Crippen LogP contribution in [-0.2, 0) is 14.3 Å². The van der Waals surface area contributed by atoms with Crippen molar-refractivity contribution < 1.29 is 24.5 Å². The van der Waals surface area contributed by atoms with Gasteiger partial charge >= 0.3 is 0 Å². The second-order valence-electron chi connectivity index (χ2n) is 3.59. The first kappa shape index (κ1) is 15.2. The molecule has 16 heavy (non-hydrogen) atoms. The van der Waals surface area contributed by atoms with Crippen molar-refractivity contribution in [2.45, 2.75) is 44.8 Å². The number of unbranched alkanes of at least 4 members (excludes halogenated alkanes) is 2. The lowest BCUT2D eigenvalue weighted by Gasteiger charge is -2.12. The summed E-state index contributed by atoms with van der Waals surface area (Å²) in [5.41, 5.74) is 0. The predicted molar refractivity (Wildman–Crippen MR) is 57.7 cm³/mol. The van der Waals surface area contributed by atoms with Crippen LogP contribution >= 0.6 is 0 Å². The molecule has 2 atom stereocenters. The van der Waals surface area contributed by atoms with Crippen LogP contribution in [0, 0.1) is 0 Å². The number of aliphatic hydroxyl groups is 2. The van der Waals surface area contributed by atoms with Gasteiger partial charge in [0.25, 0.3) is 0 Å². The van der Waals surface area contributed by atoms with Crippen molar-refractivity contribution in [1.82, 2.24) is 0 Å². The average molecular weight is 231 g/mol. The molecule has 5 heteroatoms. The molecule has 1 radical (unpaired) electrons. The van der Waals surface area contributed by atoms with Gasteiger partial charge in [-0.3, -0.25) is 9.59 Å². The molecule has 0 aromatic rings. The van der Waals surface area contributed by atoms with Gasteiger partial charge in [0.05, 0.1) is 13.2 Å². The summed E-state index contributed by atoms with van der Waals surface area (Å²) in [5.74, 6) is -0.325. The Morgan fingerprint density at radius 3 is 2.62 bits per heavy atom. The summed E-state index contributed by atoms with van der Waals surface area (Å²) in [7, 11) is 0. The molecule has 93 valence electrons. The molecule has 0 saturated carbocycles. The first-order valence-corrected chi connectivity index (χ1v) is 5.46. The third-order valence-corrected chi connectivity index (χ3v) is 2.09. The van der Waals surface area contributed by atoms with Gasteiger partial charge in [-0.2, -0.15) is 0 Å². The molecule has 5 nitrogen and oxygen atoms in total. The molecule has 0 bridgehead atoms. The van der Waals surface area contributed by atoms with Crippen LogP contribution in [0.1, 0.15) is 32.6 Å². The van der Waals surface area contributed by atoms with Crippen LogP contribution in [0.25, 0.3) is 0 Å². The Morgan fingerprint density at radius 2 is 2.12 bits per heavy atom. The van der Waals surface area contributed by atoms with E-state index in [0.717, 1.165) is 19.3 Å². The van der Waals surface area contributed by atoms with Crippen molar-refractivity contribution >= 4 is 12.1 Å². The van der Waals surface area contributed by atoms with E-state index in [9.17, 15) is 9.59 Å². The van der Waals surface area contributed by atoms with E-state index in [2.05, 4.69) is 0 Å². The number of hydrogen-bond donors (Lipinski definition) is 2. The third kappa shape index (κ3) is 6.66. The molecule has 0 aromatic carbocycles. The largest absolute Gasteiger partial charge is 0.394 e. The molecular formula is C11H19O5. The Hall–Kier alpha value is -0.780. The maximum atomic E-state index is 11.4. The number of rotatable bonds is 10. The minimum atomic E-state index is -1.24. The van der Waals surface area contributed by atoms with Crippen LogP contribution in [0.2, 0.25) is 0 Å². The highest BCUT2D eigenvalue weighted by Gasteiger charge is 2.19. The Morgan fingerprint density at radius 1 is 1.44 bits per heavy atom. The number of hydrogen-bond acceptors (Lipinski definition) is 5. The highest BCUT2D eigenvalue weighted by molar-refractivity contribution is 5.96. The van der Waals surface area contributed by atoms with E-state index < -0.39 is 18.8 Å². The number of ketones is 1.